The quantitative estimate of drug-likeness (QED) is 0.622. The molecule has 2 fully saturated rings. The molecule has 1 nitrogen and oxygen atoms in total. The van der Waals surface area contributed by atoms with Gasteiger partial charge in [-0.1, -0.05) is 12.2 Å². The monoisotopic (exact) mass is 362 g/mol. The highest BCUT2D eigenvalue weighted by molar-refractivity contribution is 5.29. The van der Waals surface area contributed by atoms with E-state index in [1.54, 1.807) is 0 Å². The van der Waals surface area contributed by atoms with E-state index in [4.69, 9.17) is 5.11 Å². The Kier molecular flexibility index (Phi) is 6.86. The van der Waals surface area contributed by atoms with Crippen molar-refractivity contribution >= 4 is 0 Å². The second-order valence-electron chi connectivity index (χ2n) is 8.25. The number of halogens is 2. The third-order valence-corrected chi connectivity index (χ3v) is 6.72. The van der Waals surface area contributed by atoms with Gasteiger partial charge in [0.2, 0.25) is 0 Å². The van der Waals surface area contributed by atoms with Gasteiger partial charge in [0.05, 0.1) is 0 Å². The molecule has 1 aromatic rings. The normalized spacial score (nSPS) is 30.0. The molecule has 2 aliphatic rings. The molecule has 0 saturated heterocycles. The minimum Gasteiger partial charge on any atom is -0.396 e. The summed E-state index contributed by atoms with van der Waals surface area (Å²) in [6.07, 6.45) is 14.3. The first-order valence-electron chi connectivity index (χ1n) is 10.3. The fourth-order valence-corrected chi connectivity index (χ4v) is 5.21. The highest BCUT2D eigenvalue weighted by Gasteiger charge is 2.31. The van der Waals surface area contributed by atoms with Gasteiger partial charge in [0.1, 0.15) is 11.6 Å². The Labute approximate surface area is 156 Å². The second-order valence-corrected chi connectivity index (χ2v) is 8.25. The lowest BCUT2D eigenvalue weighted by Crippen LogP contribution is -2.25. The molecule has 1 aromatic carbocycles. The Morgan fingerprint density at radius 3 is 1.96 bits per heavy atom. The minimum atomic E-state index is -0.501. The van der Waals surface area contributed by atoms with Crippen molar-refractivity contribution in [2.75, 3.05) is 6.61 Å². The molecule has 0 aliphatic heterocycles. The number of hydrogen-bond donors (Lipinski definition) is 1. The zero-order valence-electron chi connectivity index (χ0n) is 15.9. The van der Waals surface area contributed by atoms with Crippen molar-refractivity contribution < 1.29 is 13.9 Å². The van der Waals surface area contributed by atoms with Gasteiger partial charge in [0.15, 0.2) is 0 Å². The summed E-state index contributed by atoms with van der Waals surface area (Å²) in [5, 5.41) is 8.95. The van der Waals surface area contributed by atoms with Crippen molar-refractivity contribution in [3.8, 4) is 0 Å². The standard InChI is InChI=1S/C23H32F2O/c1-2-3-16-4-6-17(7-5-16)18-8-10-19(11-9-18)20-14-22(24)21(12-13-26)23(25)15-20/h2-3,14-19,26H,4-13H2,1H3/b3-2+. The molecule has 0 radical (unpaired) electrons. The van der Waals surface area contributed by atoms with Gasteiger partial charge in [-0.25, -0.2) is 8.78 Å². The molecular weight excluding hydrogens is 330 g/mol. The number of allylic oxidation sites excluding steroid dienone is 2. The van der Waals surface area contributed by atoms with Crippen molar-refractivity contribution in [1.82, 2.24) is 0 Å². The summed E-state index contributed by atoms with van der Waals surface area (Å²) < 4.78 is 28.3. The van der Waals surface area contributed by atoms with E-state index in [0.717, 1.165) is 36.2 Å². The van der Waals surface area contributed by atoms with Crippen molar-refractivity contribution in [3.05, 3.63) is 47.0 Å². The van der Waals surface area contributed by atoms with Crippen LogP contribution in [0.4, 0.5) is 8.78 Å². The van der Waals surface area contributed by atoms with Crippen LogP contribution >= 0.6 is 0 Å². The van der Waals surface area contributed by atoms with Crippen LogP contribution in [0.3, 0.4) is 0 Å². The van der Waals surface area contributed by atoms with E-state index in [1.165, 1.54) is 50.7 Å². The lowest BCUT2D eigenvalue weighted by molar-refractivity contribution is 0.171. The maximum absolute atomic E-state index is 14.2. The SMILES string of the molecule is C/C=C/C1CCC(C2CCC(c3cc(F)c(CCO)c(F)c3)CC2)CC1. The molecule has 1 N–H and O–H groups in total. The van der Waals surface area contributed by atoms with Crippen LogP contribution in [-0.4, -0.2) is 11.7 Å². The van der Waals surface area contributed by atoms with Gasteiger partial charge in [0, 0.05) is 18.6 Å². The summed E-state index contributed by atoms with van der Waals surface area (Å²) in [7, 11) is 0. The van der Waals surface area contributed by atoms with Crippen molar-refractivity contribution in [2.45, 2.75) is 70.6 Å². The highest BCUT2D eigenvalue weighted by atomic mass is 19.1. The van der Waals surface area contributed by atoms with Crippen LogP contribution in [0.2, 0.25) is 0 Å². The van der Waals surface area contributed by atoms with E-state index >= 15 is 0 Å². The molecule has 144 valence electrons. The zero-order chi connectivity index (χ0) is 18.5. The first-order valence-corrected chi connectivity index (χ1v) is 10.3. The molecule has 0 unspecified atom stereocenters. The third kappa shape index (κ3) is 4.54. The summed E-state index contributed by atoms with van der Waals surface area (Å²) in [4.78, 5) is 0. The Hall–Kier alpha value is -1.22. The van der Waals surface area contributed by atoms with E-state index in [9.17, 15) is 8.78 Å². The Balaban J connectivity index is 1.56. The van der Waals surface area contributed by atoms with E-state index in [0.29, 0.717) is 0 Å². The fraction of sp³-hybridized carbons (Fsp3) is 0.652. The zero-order valence-corrected chi connectivity index (χ0v) is 15.9. The van der Waals surface area contributed by atoms with Crippen molar-refractivity contribution in [3.63, 3.8) is 0 Å². The lowest BCUT2D eigenvalue weighted by Gasteiger charge is -2.37. The van der Waals surface area contributed by atoms with Gasteiger partial charge >= 0.3 is 0 Å². The largest absolute Gasteiger partial charge is 0.396 e. The van der Waals surface area contributed by atoms with Gasteiger partial charge in [-0.2, -0.15) is 0 Å². The Morgan fingerprint density at radius 1 is 0.923 bits per heavy atom. The lowest BCUT2D eigenvalue weighted by atomic mass is 9.68. The average Bonchev–Trinajstić information content (AvgIpc) is 2.66. The molecule has 0 aromatic heterocycles. The minimum absolute atomic E-state index is 0.0165. The molecule has 3 rings (SSSR count). The molecular formula is C23H32F2O. The summed E-state index contributed by atoms with van der Waals surface area (Å²) >= 11 is 0. The van der Waals surface area contributed by atoms with Gasteiger partial charge < -0.3 is 5.11 Å². The number of hydrogen-bond acceptors (Lipinski definition) is 1. The van der Waals surface area contributed by atoms with E-state index in [1.807, 2.05) is 0 Å². The summed E-state index contributed by atoms with van der Waals surface area (Å²) in [5.41, 5.74) is 0.819. The number of aliphatic hydroxyl groups excluding tert-OH is 1. The molecule has 0 amide bonds. The maximum Gasteiger partial charge on any atom is 0.129 e. The van der Waals surface area contributed by atoms with Crippen LogP contribution in [0.25, 0.3) is 0 Å². The van der Waals surface area contributed by atoms with Gasteiger partial charge in [-0.3, -0.25) is 0 Å². The predicted molar refractivity (Wildman–Crippen MR) is 102 cm³/mol. The molecule has 2 saturated carbocycles. The van der Waals surface area contributed by atoms with Crippen LogP contribution in [0.1, 0.15) is 75.3 Å². The molecule has 0 spiro atoms. The summed E-state index contributed by atoms with van der Waals surface area (Å²) in [6.45, 7) is 1.88. The molecule has 0 bridgehead atoms. The van der Waals surface area contributed by atoms with Crippen LogP contribution < -0.4 is 0 Å². The van der Waals surface area contributed by atoms with E-state index in [2.05, 4.69) is 19.1 Å². The van der Waals surface area contributed by atoms with E-state index in [-0.39, 0.29) is 24.5 Å². The van der Waals surface area contributed by atoms with Gasteiger partial charge in [-0.05, 0) is 99.7 Å². The molecule has 0 heterocycles. The average molecular weight is 363 g/mol. The molecule has 2 aliphatic carbocycles. The molecule has 26 heavy (non-hydrogen) atoms. The van der Waals surface area contributed by atoms with Crippen LogP contribution in [0.5, 0.6) is 0 Å². The molecule has 3 heteroatoms. The van der Waals surface area contributed by atoms with Crippen LogP contribution in [0, 0.1) is 29.4 Å². The van der Waals surface area contributed by atoms with Crippen molar-refractivity contribution in [2.24, 2.45) is 17.8 Å². The second kappa shape index (κ2) is 9.12. The van der Waals surface area contributed by atoms with Gasteiger partial charge in [0.25, 0.3) is 0 Å². The first kappa shape index (κ1) is 19.5. The Bertz CT molecular complexity index is 586. The third-order valence-electron chi connectivity index (χ3n) is 6.72. The predicted octanol–water partition coefficient (Wildman–Crippen LogP) is 6.16. The van der Waals surface area contributed by atoms with E-state index < -0.39 is 11.6 Å². The number of aliphatic hydroxyl groups is 1. The number of rotatable bonds is 5. The summed E-state index contributed by atoms with van der Waals surface area (Å²) in [6, 6.07) is 3.00. The summed E-state index contributed by atoms with van der Waals surface area (Å²) in [5.74, 6) is 1.68. The maximum atomic E-state index is 14.2. The van der Waals surface area contributed by atoms with Gasteiger partial charge in [-0.15, -0.1) is 0 Å². The highest BCUT2D eigenvalue weighted by Crippen LogP contribution is 2.44. The topological polar surface area (TPSA) is 20.2 Å². The van der Waals surface area contributed by atoms with Crippen LogP contribution in [0.15, 0.2) is 24.3 Å². The molecule has 0 atom stereocenters. The fourth-order valence-electron chi connectivity index (χ4n) is 5.21. The van der Waals surface area contributed by atoms with Crippen LogP contribution in [-0.2, 0) is 6.42 Å². The Morgan fingerprint density at radius 2 is 1.46 bits per heavy atom. The smallest absolute Gasteiger partial charge is 0.129 e. The number of benzene rings is 1. The van der Waals surface area contributed by atoms with Crippen molar-refractivity contribution in [1.29, 1.82) is 0 Å². The first-order chi connectivity index (χ1) is 12.6.